The molecular weight excluding hydrogens is 713 g/mol. The number of hydrogen-bond acceptors (Lipinski definition) is 2. The van der Waals surface area contributed by atoms with Gasteiger partial charge >= 0.3 is 0 Å². The number of benzene rings is 10. The van der Waals surface area contributed by atoms with E-state index >= 15 is 0 Å². The van der Waals surface area contributed by atoms with Gasteiger partial charge in [0.15, 0.2) is 0 Å². The Kier molecular flexibility index (Phi) is 8.24. The maximum absolute atomic E-state index is 9.35. The third kappa shape index (κ3) is 5.72. The highest BCUT2D eigenvalue weighted by Gasteiger charge is 2.31. The summed E-state index contributed by atoms with van der Waals surface area (Å²) >= 11 is 0. The van der Waals surface area contributed by atoms with Gasteiger partial charge in [0.05, 0.1) is 11.6 Å². The molecule has 0 saturated carbocycles. The molecule has 59 heavy (non-hydrogen) atoms. The lowest BCUT2D eigenvalue weighted by molar-refractivity contribution is 1.28. The largest absolute Gasteiger partial charge is 0.310 e. The van der Waals surface area contributed by atoms with Crippen molar-refractivity contribution in [2.75, 3.05) is 4.90 Å². The molecule has 0 spiro atoms. The first-order chi connectivity index (χ1) is 29.2. The van der Waals surface area contributed by atoms with Crippen molar-refractivity contribution in [3.63, 3.8) is 0 Å². The topological polar surface area (TPSA) is 27.0 Å². The first-order valence-electron chi connectivity index (χ1n) is 20.1. The summed E-state index contributed by atoms with van der Waals surface area (Å²) in [6, 6.07) is 80.5. The lowest BCUT2D eigenvalue weighted by atomic mass is 9.82. The molecule has 0 saturated heterocycles. The van der Waals surface area contributed by atoms with Gasteiger partial charge in [-0.05, 0) is 137 Å². The van der Waals surface area contributed by atoms with Crippen molar-refractivity contribution in [3.8, 4) is 72.8 Å². The number of para-hydroxylation sites is 1. The summed E-state index contributed by atoms with van der Waals surface area (Å²) in [5.74, 6) is 0. The number of rotatable bonds is 7. The molecule has 0 aliphatic heterocycles. The number of nitriles is 1. The molecule has 1 aliphatic carbocycles. The Morgan fingerprint density at radius 3 is 1.41 bits per heavy atom. The van der Waals surface area contributed by atoms with Gasteiger partial charge in [-0.2, -0.15) is 5.26 Å². The van der Waals surface area contributed by atoms with Crippen molar-refractivity contribution in [3.05, 3.63) is 224 Å². The highest BCUT2D eigenvalue weighted by atomic mass is 15.1. The third-order valence-corrected chi connectivity index (χ3v) is 11.8. The fourth-order valence-corrected chi connectivity index (χ4v) is 9.24. The van der Waals surface area contributed by atoms with Crippen LogP contribution in [0.3, 0.4) is 0 Å². The van der Waals surface area contributed by atoms with Gasteiger partial charge in [-0.3, -0.25) is 0 Å². The van der Waals surface area contributed by atoms with Crippen molar-refractivity contribution in [2.45, 2.75) is 0 Å². The monoisotopic (exact) mass is 748 g/mol. The van der Waals surface area contributed by atoms with Crippen LogP contribution in [0, 0.1) is 11.3 Å². The lowest BCUT2D eigenvalue weighted by Gasteiger charge is -2.26. The van der Waals surface area contributed by atoms with Crippen LogP contribution >= 0.6 is 0 Å². The van der Waals surface area contributed by atoms with Crippen LogP contribution < -0.4 is 4.90 Å². The quantitative estimate of drug-likeness (QED) is 0.162. The van der Waals surface area contributed by atoms with Crippen LogP contribution in [0.15, 0.2) is 218 Å². The van der Waals surface area contributed by atoms with Gasteiger partial charge in [0.2, 0.25) is 0 Å². The van der Waals surface area contributed by atoms with Crippen molar-refractivity contribution in [1.29, 1.82) is 5.26 Å². The second-order valence-electron chi connectivity index (χ2n) is 15.1. The van der Waals surface area contributed by atoms with Gasteiger partial charge in [0, 0.05) is 17.1 Å². The molecule has 2 nitrogen and oxygen atoms in total. The van der Waals surface area contributed by atoms with E-state index in [2.05, 4.69) is 205 Å². The zero-order valence-electron chi connectivity index (χ0n) is 32.2. The van der Waals surface area contributed by atoms with E-state index in [0.717, 1.165) is 28.2 Å². The van der Waals surface area contributed by atoms with Gasteiger partial charge in [0.25, 0.3) is 0 Å². The molecule has 0 N–H and O–H groups in total. The van der Waals surface area contributed by atoms with Gasteiger partial charge in [-0.25, -0.2) is 0 Å². The Hall–Kier alpha value is -7.99. The molecule has 0 aromatic heterocycles. The predicted octanol–water partition coefficient (Wildman–Crippen LogP) is 15.6. The van der Waals surface area contributed by atoms with E-state index in [1.807, 2.05) is 24.3 Å². The Morgan fingerprint density at radius 1 is 0.305 bits per heavy atom. The molecule has 0 bridgehead atoms. The van der Waals surface area contributed by atoms with Crippen LogP contribution in [0.4, 0.5) is 17.1 Å². The SMILES string of the molecule is N#Cc1ccc(-c2cccc(N(c3ccccc3)c3ccc(-c4ccc5c6c(cccc46)-c4c-5c(-c5ccccc5)c5ccccc5c4-c4ccccc4)cc3)c2)cc1. The molecule has 2 heteroatoms. The summed E-state index contributed by atoms with van der Waals surface area (Å²) in [6.45, 7) is 0. The van der Waals surface area contributed by atoms with Crippen molar-refractivity contribution >= 4 is 38.6 Å². The second kappa shape index (κ2) is 14.2. The van der Waals surface area contributed by atoms with E-state index in [1.54, 1.807) is 0 Å². The summed E-state index contributed by atoms with van der Waals surface area (Å²) < 4.78 is 0. The number of fused-ring (bicyclic) bond motifs is 4. The highest BCUT2D eigenvalue weighted by molar-refractivity contribution is 6.28. The molecule has 11 rings (SSSR count). The van der Waals surface area contributed by atoms with Crippen LogP contribution in [0.5, 0.6) is 0 Å². The smallest absolute Gasteiger partial charge is 0.0991 e. The maximum Gasteiger partial charge on any atom is 0.0991 e. The van der Waals surface area contributed by atoms with Crippen LogP contribution in [-0.2, 0) is 0 Å². The molecule has 0 radical (unpaired) electrons. The van der Waals surface area contributed by atoms with E-state index in [-0.39, 0.29) is 0 Å². The molecule has 0 unspecified atom stereocenters. The Morgan fingerprint density at radius 2 is 0.780 bits per heavy atom. The fourth-order valence-electron chi connectivity index (χ4n) is 9.24. The molecular formula is C57H36N2. The fraction of sp³-hybridized carbons (Fsp3) is 0. The van der Waals surface area contributed by atoms with Gasteiger partial charge in [-0.15, -0.1) is 0 Å². The number of nitrogens with zero attached hydrogens (tertiary/aromatic N) is 2. The lowest BCUT2D eigenvalue weighted by Crippen LogP contribution is -2.09. The summed E-state index contributed by atoms with van der Waals surface area (Å²) in [5.41, 5.74) is 18.6. The first-order valence-corrected chi connectivity index (χ1v) is 20.1. The van der Waals surface area contributed by atoms with Gasteiger partial charge in [-0.1, -0.05) is 170 Å². The minimum absolute atomic E-state index is 0.656. The summed E-state index contributed by atoms with van der Waals surface area (Å²) in [5, 5.41) is 14.4. The van der Waals surface area contributed by atoms with Crippen molar-refractivity contribution in [1.82, 2.24) is 0 Å². The van der Waals surface area contributed by atoms with Crippen LogP contribution in [0.2, 0.25) is 0 Å². The predicted molar refractivity (Wildman–Crippen MR) is 247 cm³/mol. The van der Waals surface area contributed by atoms with Gasteiger partial charge < -0.3 is 4.90 Å². The average Bonchev–Trinajstić information content (AvgIpc) is 3.64. The number of anilines is 3. The van der Waals surface area contributed by atoms with Crippen molar-refractivity contribution in [2.24, 2.45) is 0 Å². The van der Waals surface area contributed by atoms with Crippen LogP contribution in [-0.4, -0.2) is 0 Å². The van der Waals surface area contributed by atoms with Crippen LogP contribution in [0.1, 0.15) is 5.56 Å². The third-order valence-electron chi connectivity index (χ3n) is 11.8. The highest BCUT2D eigenvalue weighted by Crippen LogP contribution is 2.58. The van der Waals surface area contributed by atoms with E-state index < -0.39 is 0 Å². The standard InChI is InChI=1S/C57H36N2/c58-37-38-26-28-39(29-27-38)43-18-12-21-46(36-43)59(44-19-8-3-9-20-44)45-32-30-40(31-33-45)47-34-35-52-55-48(47)24-13-25-51(55)56-53(41-14-4-1-5-15-41)49-22-10-11-23-50(49)54(57(52)56)42-16-6-2-7-17-42/h1-36H. The average molecular weight is 749 g/mol. The Bertz CT molecular complexity index is 3140. The molecule has 0 fully saturated rings. The minimum Gasteiger partial charge on any atom is -0.310 e. The molecule has 0 heterocycles. The Labute approximate surface area is 344 Å². The normalized spacial score (nSPS) is 11.4. The minimum atomic E-state index is 0.656. The first kappa shape index (κ1) is 34.3. The molecule has 10 aromatic carbocycles. The van der Waals surface area contributed by atoms with Crippen molar-refractivity contribution < 1.29 is 0 Å². The molecule has 0 atom stereocenters. The Balaban J connectivity index is 1.07. The zero-order chi connectivity index (χ0) is 39.3. The van der Waals surface area contributed by atoms with E-state index in [9.17, 15) is 5.26 Å². The van der Waals surface area contributed by atoms with E-state index in [0.29, 0.717) is 5.56 Å². The van der Waals surface area contributed by atoms with Gasteiger partial charge in [0.1, 0.15) is 0 Å². The zero-order valence-corrected chi connectivity index (χ0v) is 32.2. The maximum atomic E-state index is 9.35. The van der Waals surface area contributed by atoms with E-state index in [4.69, 9.17) is 0 Å². The molecule has 10 aromatic rings. The summed E-state index contributed by atoms with van der Waals surface area (Å²) in [4.78, 5) is 2.31. The molecule has 274 valence electrons. The summed E-state index contributed by atoms with van der Waals surface area (Å²) in [7, 11) is 0. The van der Waals surface area contributed by atoms with Crippen LogP contribution in [0.25, 0.3) is 88.3 Å². The molecule has 1 aliphatic rings. The van der Waals surface area contributed by atoms with E-state index in [1.165, 1.54) is 77.2 Å². The molecule has 0 amide bonds. The number of hydrogen-bond donors (Lipinski definition) is 0. The second-order valence-corrected chi connectivity index (χ2v) is 15.1. The summed E-state index contributed by atoms with van der Waals surface area (Å²) in [6.07, 6.45) is 0.